The summed E-state index contributed by atoms with van der Waals surface area (Å²) in [7, 11) is 0. The van der Waals surface area contributed by atoms with Crippen molar-refractivity contribution in [1.82, 2.24) is 15.1 Å². The number of nitrogens with one attached hydrogen (secondary N) is 2. The van der Waals surface area contributed by atoms with Gasteiger partial charge in [0.05, 0.1) is 5.56 Å². The molecular formula is C14H15F3N4S. The van der Waals surface area contributed by atoms with Crippen LogP contribution in [0.5, 0.6) is 0 Å². The second kappa shape index (κ2) is 7.26. The number of benzene rings is 1. The molecule has 22 heavy (non-hydrogen) atoms. The van der Waals surface area contributed by atoms with Crippen LogP contribution in [0.1, 0.15) is 12.0 Å². The van der Waals surface area contributed by atoms with Crippen LogP contribution in [0.15, 0.2) is 42.7 Å². The predicted molar refractivity (Wildman–Crippen MR) is 82.5 cm³/mol. The van der Waals surface area contributed by atoms with E-state index in [4.69, 9.17) is 12.2 Å². The van der Waals surface area contributed by atoms with Crippen LogP contribution in [0, 0.1) is 0 Å². The zero-order valence-electron chi connectivity index (χ0n) is 11.6. The molecule has 0 amide bonds. The molecule has 1 heterocycles. The molecule has 1 aromatic heterocycles. The van der Waals surface area contributed by atoms with E-state index in [1.807, 2.05) is 12.3 Å². The number of hydrogen-bond donors (Lipinski definition) is 2. The van der Waals surface area contributed by atoms with Crippen LogP contribution in [0.2, 0.25) is 0 Å². The molecule has 0 fully saturated rings. The SMILES string of the molecule is FC(F)(F)c1cccc(NC(=S)NCCCn2cccn2)c1. The molecule has 1 aromatic carbocycles. The van der Waals surface area contributed by atoms with Gasteiger partial charge in [-0.15, -0.1) is 0 Å². The van der Waals surface area contributed by atoms with Crippen molar-refractivity contribution >= 4 is 23.0 Å². The van der Waals surface area contributed by atoms with Crippen molar-refractivity contribution in [3.63, 3.8) is 0 Å². The third-order valence-electron chi connectivity index (χ3n) is 2.86. The summed E-state index contributed by atoms with van der Waals surface area (Å²) in [4.78, 5) is 0. The van der Waals surface area contributed by atoms with Crippen LogP contribution in [0.4, 0.5) is 18.9 Å². The summed E-state index contributed by atoms with van der Waals surface area (Å²) in [5.41, 5.74) is -0.404. The lowest BCUT2D eigenvalue weighted by Gasteiger charge is -2.12. The molecule has 2 aromatic rings. The van der Waals surface area contributed by atoms with Gasteiger partial charge < -0.3 is 10.6 Å². The molecule has 8 heteroatoms. The Morgan fingerprint density at radius 1 is 1.27 bits per heavy atom. The molecule has 0 saturated carbocycles. The molecule has 2 N–H and O–H groups in total. The van der Waals surface area contributed by atoms with Crippen molar-refractivity contribution in [2.75, 3.05) is 11.9 Å². The maximum Gasteiger partial charge on any atom is 0.416 e. The van der Waals surface area contributed by atoms with Crippen molar-refractivity contribution in [3.8, 4) is 0 Å². The average Bonchev–Trinajstić information content (AvgIpc) is 2.96. The average molecular weight is 328 g/mol. The second-order valence-electron chi connectivity index (χ2n) is 4.58. The first-order valence-electron chi connectivity index (χ1n) is 6.65. The van der Waals surface area contributed by atoms with Crippen molar-refractivity contribution in [1.29, 1.82) is 0 Å². The third kappa shape index (κ3) is 5.03. The first kappa shape index (κ1) is 16.3. The minimum Gasteiger partial charge on any atom is -0.362 e. The first-order valence-corrected chi connectivity index (χ1v) is 7.05. The molecule has 0 saturated heterocycles. The van der Waals surface area contributed by atoms with Gasteiger partial charge >= 0.3 is 6.18 Å². The van der Waals surface area contributed by atoms with Gasteiger partial charge in [0, 0.05) is 31.2 Å². The summed E-state index contributed by atoms with van der Waals surface area (Å²) >= 11 is 5.06. The van der Waals surface area contributed by atoms with Crippen molar-refractivity contribution in [2.45, 2.75) is 19.1 Å². The standard InChI is InChI=1S/C14H15F3N4S/c15-14(16,17)11-4-1-5-12(10-11)20-13(22)18-6-2-8-21-9-3-7-19-21/h1,3-5,7,9-10H,2,6,8H2,(H2,18,20,22). The summed E-state index contributed by atoms with van der Waals surface area (Å²) in [6, 6.07) is 6.76. The number of rotatable bonds is 5. The molecule has 2 rings (SSSR count). The molecule has 4 nitrogen and oxygen atoms in total. The Bertz CT molecular complexity index is 611. The molecule has 0 radical (unpaired) electrons. The van der Waals surface area contributed by atoms with Gasteiger partial charge in [0.2, 0.25) is 0 Å². The van der Waals surface area contributed by atoms with E-state index in [2.05, 4.69) is 15.7 Å². The number of anilines is 1. The summed E-state index contributed by atoms with van der Waals surface area (Å²) < 4.78 is 39.6. The van der Waals surface area contributed by atoms with Crippen molar-refractivity contribution in [2.24, 2.45) is 0 Å². The Kier molecular flexibility index (Phi) is 5.37. The molecule has 0 aliphatic rings. The lowest BCUT2D eigenvalue weighted by atomic mass is 10.2. The molecule has 0 aliphatic heterocycles. The van der Waals surface area contributed by atoms with Crippen LogP contribution < -0.4 is 10.6 Å². The van der Waals surface area contributed by atoms with Gasteiger partial charge in [-0.25, -0.2) is 0 Å². The highest BCUT2D eigenvalue weighted by Crippen LogP contribution is 2.30. The Morgan fingerprint density at radius 3 is 2.77 bits per heavy atom. The number of thiocarbonyl (C=S) groups is 1. The Labute approximate surface area is 131 Å². The van der Waals surface area contributed by atoms with Gasteiger partial charge in [-0.05, 0) is 42.9 Å². The summed E-state index contributed by atoms with van der Waals surface area (Å²) in [6.45, 7) is 1.34. The van der Waals surface area contributed by atoms with Crippen LogP contribution >= 0.6 is 12.2 Å². The van der Waals surface area contributed by atoms with Gasteiger partial charge in [-0.3, -0.25) is 4.68 Å². The highest BCUT2D eigenvalue weighted by Gasteiger charge is 2.30. The lowest BCUT2D eigenvalue weighted by Crippen LogP contribution is -2.29. The number of hydrogen-bond acceptors (Lipinski definition) is 2. The van der Waals surface area contributed by atoms with Crippen LogP contribution in [0.25, 0.3) is 0 Å². The number of alkyl halides is 3. The van der Waals surface area contributed by atoms with Gasteiger partial charge in [0.25, 0.3) is 0 Å². The fourth-order valence-corrected chi connectivity index (χ4v) is 2.04. The quantitative estimate of drug-likeness (QED) is 0.653. The molecular weight excluding hydrogens is 313 g/mol. The monoisotopic (exact) mass is 328 g/mol. The normalized spacial score (nSPS) is 11.2. The molecule has 0 bridgehead atoms. The van der Waals surface area contributed by atoms with E-state index in [0.717, 1.165) is 25.1 Å². The molecule has 0 spiro atoms. The van der Waals surface area contributed by atoms with E-state index in [-0.39, 0.29) is 0 Å². The highest BCUT2D eigenvalue weighted by atomic mass is 32.1. The minimum absolute atomic E-state index is 0.291. The Hall–Kier alpha value is -2.09. The number of aromatic nitrogens is 2. The lowest BCUT2D eigenvalue weighted by molar-refractivity contribution is -0.137. The minimum atomic E-state index is -4.36. The van der Waals surface area contributed by atoms with Gasteiger partial charge in [-0.2, -0.15) is 18.3 Å². The van der Waals surface area contributed by atoms with Gasteiger partial charge in [0.15, 0.2) is 5.11 Å². The van der Waals surface area contributed by atoms with Gasteiger partial charge in [-0.1, -0.05) is 6.07 Å². The Morgan fingerprint density at radius 2 is 2.09 bits per heavy atom. The zero-order chi connectivity index (χ0) is 16.0. The smallest absolute Gasteiger partial charge is 0.362 e. The second-order valence-corrected chi connectivity index (χ2v) is 4.99. The van der Waals surface area contributed by atoms with Crippen LogP contribution in [-0.2, 0) is 12.7 Å². The molecule has 0 aliphatic carbocycles. The Balaban J connectivity index is 1.77. The number of halogens is 3. The molecule has 118 valence electrons. The highest BCUT2D eigenvalue weighted by molar-refractivity contribution is 7.80. The maximum absolute atomic E-state index is 12.6. The largest absolute Gasteiger partial charge is 0.416 e. The summed E-state index contributed by atoms with van der Waals surface area (Å²) in [5, 5.41) is 10.1. The zero-order valence-corrected chi connectivity index (χ0v) is 12.4. The van der Waals surface area contributed by atoms with E-state index in [1.165, 1.54) is 12.1 Å². The van der Waals surface area contributed by atoms with Gasteiger partial charge in [0.1, 0.15) is 0 Å². The summed E-state index contributed by atoms with van der Waals surface area (Å²) in [6.07, 6.45) is -0.00491. The third-order valence-corrected chi connectivity index (χ3v) is 3.10. The van der Waals surface area contributed by atoms with E-state index < -0.39 is 11.7 Å². The van der Waals surface area contributed by atoms with Crippen molar-refractivity contribution in [3.05, 3.63) is 48.3 Å². The first-order chi connectivity index (χ1) is 10.4. The summed E-state index contributed by atoms with van der Waals surface area (Å²) in [5.74, 6) is 0. The van der Waals surface area contributed by atoms with E-state index in [9.17, 15) is 13.2 Å². The van der Waals surface area contributed by atoms with E-state index in [0.29, 0.717) is 17.3 Å². The number of aryl methyl sites for hydroxylation is 1. The van der Waals surface area contributed by atoms with Crippen molar-refractivity contribution < 1.29 is 13.2 Å². The van der Waals surface area contributed by atoms with E-state index in [1.54, 1.807) is 10.9 Å². The fourth-order valence-electron chi connectivity index (χ4n) is 1.82. The maximum atomic E-state index is 12.6. The predicted octanol–water partition coefficient (Wildman–Crippen LogP) is 3.28. The topological polar surface area (TPSA) is 41.9 Å². The van der Waals surface area contributed by atoms with E-state index >= 15 is 0 Å². The fraction of sp³-hybridized carbons (Fsp3) is 0.286. The molecule has 0 atom stereocenters. The van der Waals surface area contributed by atoms with Crippen LogP contribution in [0.3, 0.4) is 0 Å². The van der Waals surface area contributed by atoms with Crippen LogP contribution in [-0.4, -0.2) is 21.4 Å². The molecule has 0 unspecified atom stereocenters. The number of nitrogens with zero attached hydrogens (tertiary/aromatic N) is 2.